The van der Waals surface area contributed by atoms with E-state index in [1.54, 1.807) is 13.8 Å². The third kappa shape index (κ3) is 5.06. The molecule has 2 aliphatic heterocycles. The molecule has 194 valence electrons. The molecule has 3 aromatic carbocycles. The molecule has 2 saturated heterocycles. The van der Waals surface area contributed by atoms with Gasteiger partial charge in [0.2, 0.25) is 0 Å². The molecule has 0 amide bonds. The second-order valence-electron chi connectivity index (χ2n) is 9.80. The summed E-state index contributed by atoms with van der Waals surface area (Å²) in [6.45, 7) is 4.74. The maximum Gasteiger partial charge on any atom is 0.303 e. The van der Waals surface area contributed by atoms with Crippen molar-refractivity contribution in [3.8, 4) is 0 Å². The Balaban J connectivity index is 1.48. The van der Waals surface area contributed by atoms with Gasteiger partial charge in [-0.3, -0.25) is 4.79 Å². The Bertz CT molecular complexity index is 1090. The van der Waals surface area contributed by atoms with Gasteiger partial charge in [-0.2, -0.15) is 0 Å². The van der Waals surface area contributed by atoms with Gasteiger partial charge in [0.25, 0.3) is 0 Å². The molecule has 0 spiro atoms. The lowest BCUT2D eigenvalue weighted by Crippen LogP contribution is -2.46. The summed E-state index contributed by atoms with van der Waals surface area (Å²) in [7, 11) is 0. The summed E-state index contributed by atoms with van der Waals surface area (Å²) in [5.41, 5.74) is 1.72. The van der Waals surface area contributed by atoms with Crippen LogP contribution in [-0.4, -0.2) is 54.2 Å². The van der Waals surface area contributed by atoms with Crippen molar-refractivity contribution >= 4 is 5.97 Å². The van der Waals surface area contributed by atoms with Crippen molar-refractivity contribution in [2.75, 3.05) is 6.61 Å². The summed E-state index contributed by atoms with van der Waals surface area (Å²) in [5.74, 6) is -1.38. The summed E-state index contributed by atoms with van der Waals surface area (Å²) >= 11 is 0. The largest absolute Gasteiger partial charge is 0.457 e. The van der Waals surface area contributed by atoms with Crippen molar-refractivity contribution in [2.45, 2.75) is 62.9 Å². The van der Waals surface area contributed by atoms with E-state index in [0.717, 1.165) is 16.7 Å². The van der Waals surface area contributed by atoms with Crippen LogP contribution in [0.15, 0.2) is 91.0 Å². The fourth-order valence-corrected chi connectivity index (χ4v) is 5.21. The maximum atomic E-state index is 11.9. The third-order valence-corrected chi connectivity index (χ3v) is 6.72. The molecular formula is C30H32O7. The smallest absolute Gasteiger partial charge is 0.303 e. The van der Waals surface area contributed by atoms with Gasteiger partial charge in [0, 0.05) is 6.92 Å². The zero-order valence-electron chi connectivity index (χ0n) is 21.2. The number of hydrogen-bond acceptors (Lipinski definition) is 7. The molecule has 0 saturated carbocycles. The van der Waals surface area contributed by atoms with Crippen LogP contribution in [0, 0.1) is 0 Å². The molecule has 0 bridgehead atoms. The summed E-state index contributed by atoms with van der Waals surface area (Å²) in [6.07, 6.45) is -4.29. The fourth-order valence-electron chi connectivity index (χ4n) is 5.21. The van der Waals surface area contributed by atoms with Gasteiger partial charge in [0.15, 0.2) is 24.3 Å². The van der Waals surface area contributed by atoms with E-state index >= 15 is 0 Å². The number of aliphatic hydroxyl groups excluding tert-OH is 1. The van der Waals surface area contributed by atoms with E-state index in [9.17, 15) is 9.90 Å². The lowest BCUT2D eigenvalue weighted by molar-refractivity contribution is -0.233. The predicted octanol–water partition coefficient (Wildman–Crippen LogP) is 4.16. The number of ether oxygens (including phenoxy) is 5. The highest BCUT2D eigenvalue weighted by molar-refractivity contribution is 5.66. The Hall–Kier alpha value is -3.07. The zero-order valence-corrected chi connectivity index (χ0v) is 21.2. The Kier molecular flexibility index (Phi) is 7.16. The molecule has 2 aliphatic rings. The number of esters is 1. The number of fused-ring (bicyclic) bond motifs is 1. The molecule has 7 heteroatoms. The van der Waals surface area contributed by atoms with E-state index in [1.165, 1.54) is 6.92 Å². The van der Waals surface area contributed by atoms with E-state index in [-0.39, 0.29) is 6.61 Å². The van der Waals surface area contributed by atoms with Crippen molar-refractivity contribution in [1.29, 1.82) is 0 Å². The summed E-state index contributed by atoms with van der Waals surface area (Å²) in [4.78, 5) is 11.9. The molecule has 0 unspecified atom stereocenters. The molecule has 0 aliphatic carbocycles. The minimum absolute atomic E-state index is 0.107. The fraction of sp³-hybridized carbons (Fsp3) is 0.367. The zero-order chi connectivity index (χ0) is 26.0. The quantitative estimate of drug-likeness (QED) is 0.364. The first-order valence-corrected chi connectivity index (χ1v) is 12.5. The first-order valence-electron chi connectivity index (χ1n) is 12.5. The second kappa shape index (κ2) is 10.4. The predicted molar refractivity (Wildman–Crippen MR) is 135 cm³/mol. The number of aliphatic hydroxyl groups is 1. The molecule has 2 heterocycles. The van der Waals surface area contributed by atoms with Gasteiger partial charge in [-0.15, -0.1) is 0 Å². The first-order chi connectivity index (χ1) is 17.8. The van der Waals surface area contributed by atoms with Crippen LogP contribution in [-0.2, 0) is 34.1 Å². The topological polar surface area (TPSA) is 83.5 Å². The average molecular weight is 505 g/mol. The number of hydrogen-bond donors (Lipinski definition) is 1. The van der Waals surface area contributed by atoms with E-state index in [1.807, 2.05) is 91.0 Å². The first kappa shape index (κ1) is 25.6. The molecule has 7 nitrogen and oxygen atoms in total. The Morgan fingerprint density at radius 2 is 1.38 bits per heavy atom. The van der Waals surface area contributed by atoms with Crippen molar-refractivity contribution in [1.82, 2.24) is 0 Å². The lowest BCUT2D eigenvalue weighted by Gasteiger charge is -2.37. The minimum Gasteiger partial charge on any atom is -0.457 e. The average Bonchev–Trinajstić information content (AvgIpc) is 3.38. The van der Waals surface area contributed by atoms with E-state index < -0.39 is 48.1 Å². The Morgan fingerprint density at radius 1 is 0.892 bits per heavy atom. The second-order valence-corrected chi connectivity index (χ2v) is 9.80. The van der Waals surface area contributed by atoms with Crippen LogP contribution >= 0.6 is 0 Å². The minimum atomic E-state index is -1.14. The van der Waals surface area contributed by atoms with Crippen LogP contribution in [0.3, 0.4) is 0 Å². The van der Waals surface area contributed by atoms with Crippen molar-refractivity contribution < 1.29 is 33.6 Å². The van der Waals surface area contributed by atoms with Gasteiger partial charge in [-0.1, -0.05) is 91.0 Å². The number of rotatable bonds is 8. The molecule has 0 radical (unpaired) electrons. The molecule has 5 atom stereocenters. The van der Waals surface area contributed by atoms with Crippen LogP contribution in [0.2, 0.25) is 0 Å². The maximum absolute atomic E-state index is 11.9. The molecule has 0 aromatic heterocycles. The van der Waals surface area contributed by atoms with E-state index in [4.69, 9.17) is 23.7 Å². The Labute approximate surface area is 216 Å². The summed E-state index contributed by atoms with van der Waals surface area (Å²) < 4.78 is 30.1. The van der Waals surface area contributed by atoms with Crippen LogP contribution in [0.5, 0.6) is 0 Å². The van der Waals surface area contributed by atoms with Gasteiger partial charge in [0.1, 0.15) is 17.8 Å². The van der Waals surface area contributed by atoms with Crippen LogP contribution in [0.25, 0.3) is 0 Å². The van der Waals surface area contributed by atoms with Crippen LogP contribution in [0.1, 0.15) is 37.5 Å². The summed E-state index contributed by atoms with van der Waals surface area (Å²) in [5, 5.41) is 11.4. The van der Waals surface area contributed by atoms with Crippen LogP contribution in [0.4, 0.5) is 0 Å². The highest BCUT2D eigenvalue weighted by Gasteiger charge is 2.58. The van der Waals surface area contributed by atoms with Gasteiger partial charge >= 0.3 is 5.97 Å². The van der Waals surface area contributed by atoms with Crippen molar-refractivity contribution in [2.24, 2.45) is 0 Å². The molecule has 2 fully saturated rings. The summed E-state index contributed by atoms with van der Waals surface area (Å²) in [6, 6.07) is 29.7. The number of carbonyl (C=O) groups excluding carboxylic acids is 1. The lowest BCUT2D eigenvalue weighted by atomic mass is 9.80. The van der Waals surface area contributed by atoms with Gasteiger partial charge < -0.3 is 28.8 Å². The monoisotopic (exact) mass is 504 g/mol. The Morgan fingerprint density at radius 3 is 1.84 bits per heavy atom. The third-order valence-electron chi connectivity index (χ3n) is 6.72. The highest BCUT2D eigenvalue weighted by Crippen LogP contribution is 2.42. The van der Waals surface area contributed by atoms with Gasteiger partial charge in [-0.05, 0) is 30.5 Å². The standard InChI is InChI=1S/C30H32O7/c1-20(31)34-26-25(35-28-27(26)36-29(2,3)37-28)24(32)19-33-30(21-13-7-4-8-14-21,22-15-9-5-10-16-22)23-17-11-6-12-18-23/h4-18,24-28,32H,19H2,1-3H3/t24-,25-,26+,27+,28+/m0/s1. The van der Waals surface area contributed by atoms with Crippen LogP contribution < -0.4 is 0 Å². The van der Waals surface area contributed by atoms with Crippen molar-refractivity contribution in [3.05, 3.63) is 108 Å². The number of carbonyl (C=O) groups is 1. The SMILES string of the molecule is CC(=O)O[C@@H]1[C@H]([C@@H](O)COC(c2ccccc2)(c2ccccc2)c2ccccc2)O[C@@H]2OC(C)(C)O[C@@H]21. The molecule has 1 N–H and O–H groups in total. The van der Waals surface area contributed by atoms with Crippen molar-refractivity contribution in [3.63, 3.8) is 0 Å². The molecule has 5 rings (SSSR count). The van der Waals surface area contributed by atoms with E-state index in [2.05, 4.69) is 0 Å². The normalized spacial score (nSPS) is 25.4. The highest BCUT2D eigenvalue weighted by atomic mass is 16.8. The molecule has 37 heavy (non-hydrogen) atoms. The number of benzene rings is 3. The molecule has 3 aromatic rings. The van der Waals surface area contributed by atoms with Gasteiger partial charge in [-0.25, -0.2) is 0 Å². The molecular weight excluding hydrogens is 472 g/mol. The van der Waals surface area contributed by atoms with Gasteiger partial charge in [0.05, 0.1) is 6.61 Å². The van der Waals surface area contributed by atoms with E-state index in [0.29, 0.717) is 0 Å².